The molecule has 0 saturated heterocycles. The van der Waals surface area contributed by atoms with Gasteiger partial charge in [0.2, 0.25) is 0 Å². The third-order valence-corrected chi connectivity index (χ3v) is 2.52. The van der Waals surface area contributed by atoms with Crippen molar-refractivity contribution in [3.63, 3.8) is 0 Å². The van der Waals surface area contributed by atoms with Crippen molar-refractivity contribution in [2.24, 2.45) is 11.1 Å². The standard InChI is InChI=1S/C14H19NO4/c1-14(2,3)13(18)19-10-6-4-9(5-7-10)8-11(15)12(16)17/h4-7,11H,8,15H2,1-3H3,(H,16,17). The second kappa shape index (κ2) is 5.84. The number of hydrogen-bond donors (Lipinski definition) is 2. The van der Waals surface area contributed by atoms with E-state index in [1.165, 1.54) is 0 Å². The number of rotatable bonds is 4. The molecule has 0 amide bonds. The van der Waals surface area contributed by atoms with Crippen molar-refractivity contribution < 1.29 is 19.4 Å². The number of carbonyl (C=O) groups is 2. The molecule has 0 aliphatic heterocycles. The SMILES string of the molecule is CC(C)(C)C(=O)Oc1ccc(CC(N)C(=O)O)cc1. The number of ether oxygens (including phenoxy) is 1. The fourth-order valence-electron chi connectivity index (χ4n) is 1.29. The Labute approximate surface area is 112 Å². The van der Waals surface area contributed by atoms with Gasteiger partial charge in [-0.25, -0.2) is 0 Å². The van der Waals surface area contributed by atoms with E-state index in [2.05, 4.69) is 0 Å². The van der Waals surface area contributed by atoms with Crippen molar-refractivity contribution in [3.8, 4) is 5.75 Å². The second-order valence-electron chi connectivity index (χ2n) is 5.43. The number of nitrogens with two attached hydrogens (primary N) is 1. The summed E-state index contributed by atoms with van der Waals surface area (Å²) in [6.07, 6.45) is 0.239. The van der Waals surface area contributed by atoms with Gasteiger partial charge in [-0.05, 0) is 44.9 Å². The number of carboxylic acids is 1. The van der Waals surface area contributed by atoms with Gasteiger partial charge in [0.05, 0.1) is 5.41 Å². The monoisotopic (exact) mass is 265 g/mol. The highest BCUT2D eigenvalue weighted by molar-refractivity contribution is 5.77. The van der Waals surface area contributed by atoms with Gasteiger partial charge in [-0.2, -0.15) is 0 Å². The lowest BCUT2D eigenvalue weighted by Gasteiger charge is -2.16. The maximum Gasteiger partial charge on any atom is 0.320 e. The van der Waals surface area contributed by atoms with Crippen LogP contribution in [0.1, 0.15) is 26.3 Å². The highest BCUT2D eigenvalue weighted by Gasteiger charge is 2.23. The fourth-order valence-corrected chi connectivity index (χ4v) is 1.29. The minimum absolute atomic E-state index is 0.239. The largest absolute Gasteiger partial charge is 0.480 e. The first kappa shape index (κ1) is 15.2. The number of aliphatic carboxylic acids is 1. The molecule has 1 rings (SSSR count). The molecular weight excluding hydrogens is 246 g/mol. The van der Waals surface area contributed by atoms with Crippen LogP contribution in [0.25, 0.3) is 0 Å². The summed E-state index contributed by atoms with van der Waals surface area (Å²) < 4.78 is 5.20. The summed E-state index contributed by atoms with van der Waals surface area (Å²) in [5.41, 5.74) is 5.66. The Morgan fingerprint density at radius 2 is 1.79 bits per heavy atom. The first-order valence-electron chi connectivity index (χ1n) is 6.00. The molecule has 104 valence electrons. The van der Waals surface area contributed by atoms with Crippen molar-refractivity contribution in [1.82, 2.24) is 0 Å². The van der Waals surface area contributed by atoms with Crippen LogP contribution in [0.5, 0.6) is 5.75 Å². The first-order chi connectivity index (χ1) is 8.70. The number of benzene rings is 1. The van der Waals surface area contributed by atoms with E-state index in [0.717, 1.165) is 5.56 Å². The molecule has 1 unspecified atom stereocenters. The summed E-state index contributed by atoms with van der Waals surface area (Å²) in [7, 11) is 0. The van der Waals surface area contributed by atoms with E-state index in [1.807, 2.05) is 0 Å². The number of carbonyl (C=O) groups excluding carboxylic acids is 1. The molecular formula is C14H19NO4. The van der Waals surface area contributed by atoms with Gasteiger partial charge < -0.3 is 15.6 Å². The zero-order chi connectivity index (χ0) is 14.6. The van der Waals surface area contributed by atoms with Crippen LogP contribution in [-0.2, 0) is 16.0 Å². The summed E-state index contributed by atoms with van der Waals surface area (Å²) in [5.74, 6) is -0.918. The van der Waals surface area contributed by atoms with E-state index in [4.69, 9.17) is 15.6 Å². The van der Waals surface area contributed by atoms with E-state index in [0.29, 0.717) is 5.75 Å². The summed E-state index contributed by atoms with van der Waals surface area (Å²) in [5, 5.41) is 8.71. The summed E-state index contributed by atoms with van der Waals surface area (Å²) >= 11 is 0. The van der Waals surface area contributed by atoms with E-state index < -0.39 is 17.4 Å². The zero-order valence-corrected chi connectivity index (χ0v) is 11.3. The van der Waals surface area contributed by atoms with Gasteiger partial charge in [0, 0.05) is 0 Å². The van der Waals surface area contributed by atoms with Crippen LogP contribution < -0.4 is 10.5 Å². The Kier molecular flexibility index (Phi) is 4.67. The fraction of sp³-hybridized carbons (Fsp3) is 0.429. The molecule has 1 aromatic carbocycles. The quantitative estimate of drug-likeness (QED) is 0.637. The lowest BCUT2D eigenvalue weighted by molar-refractivity contribution is -0.143. The van der Waals surface area contributed by atoms with Crippen LogP contribution in [0.4, 0.5) is 0 Å². The minimum Gasteiger partial charge on any atom is -0.480 e. The second-order valence-corrected chi connectivity index (χ2v) is 5.43. The van der Waals surface area contributed by atoms with Crippen LogP contribution in [0, 0.1) is 5.41 Å². The molecule has 0 radical (unpaired) electrons. The molecule has 0 fully saturated rings. The Hall–Kier alpha value is -1.88. The average molecular weight is 265 g/mol. The summed E-state index contributed by atoms with van der Waals surface area (Å²) in [6, 6.07) is 5.74. The van der Waals surface area contributed by atoms with Crippen LogP contribution in [0.2, 0.25) is 0 Å². The molecule has 0 spiro atoms. The molecule has 0 bridgehead atoms. The molecule has 5 heteroatoms. The summed E-state index contributed by atoms with van der Waals surface area (Å²) in [6.45, 7) is 5.32. The van der Waals surface area contributed by atoms with E-state index in [9.17, 15) is 9.59 Å². The van der Waals surface area contributed by atoms with Crippen LogP contribution in [0.3, 0.4) is 0 Å². The van der Waals surface area contributed by atoms with Crippen molar-refractivity contribution in [1.29, 1.82) is 0 Å². The van der Waals surface area contributed by atoms with E-state index >= 15 is 0 Å². The van der Waals surface area contributed by atoms with Gasteiger partial charge in [-0.15, -0.1) is 0 Å². The smallest absolute Gasteiger partial charge is 0.320 e. The molecule has 5 nitrogen and oxygen atoms in total. The van der Waals surface area contributed by atoms with Crippen LogP contribution in [0.15, 0.2) is 24.3 Å². The lowest BCUT2D eigenvalue weighted by Crippen LogP contribution is -2.32. The Balaban J connectivity index is 2.67. The van der Waals surface area contributed by atoms with Gasteiger partial charge in [0.1, 0.15) is 11.8 Å². The van der Waals surface area contributed by atoms with Crippen LogP contribution in [-0.4, -0.2) is 23.1 Å². The van der Waals surface area contributed by atoms with Gasteiger partial charge in [-0.1, -0.05) is 12.1 Å². The van der Waals surface area contributed by atoms with Gasteiger partial charge >= 0.3 is 11.9 Å². The predicted molar refractivity (Wildman–Crippen MR) is 70.8 cm³/mol. The van der Waals surface area contributed by atoms with E-state index in [1.54, 1.807) is 45.0 Å². The van der Waals surface area contributed by atoms with Gasteiger partial charge in [0.25, 0.3) is 0 Å². The molecule has 0 aliphatic rings. The normalized spacial score (nSPS) is 12.8. The molecule has 0 aromatic heterocycles. The topological polar surface area (TPSA) is 89.6 Å². The Morgan fingerprint density at radius 1 is 1.26 bits per heavy atom. The van der Waals surface area contributed by atoms with Crippen molar-refractivity contribution in [3.05, 3.63) is 29.8 Å². The molecule has 1 aromatic rings. The molecule has 19 heavy (non-hydrogen) atoms. The highest BCUT2D eigenvalue weighted by atomic mass is 16.5. The van der Waals surface area contributed by atoms with Crippen LogP contribution >= 0.6 is 0 Å². The van der Waals surface area contributed by atoms with Gasteiger partial charge in [0.15, 0.2) is 0 Å². The third-order valence-electron chi connectivity index (χ3n) is 2.52. The first-order valence-corrected chi connectivity index (χ1v) is 6.00. The van der Waals surface area contributed by atoms with E-state index in [-0.39, 0.29) is 12.4 Å². The molecule has 0 heterocycles. The summed E-state index contributed by atoms with van der Waals surface area (Å²) in [4.78, 5) is 22.3. The van der Waals surface area contributed by atoms with Crippen molar-refractivity contribution in [2.45, 2.75) is 33.2 Å². The Bertz CT molecular complexity index is 459. The number of esters is 1. The predicted octanol–water partition coefficient (Wildman–Crippen LogP) is 1.59. The zero-order valence-electron chi connectivity index (χ0n) is 11.3. The van der Waals surface area contributed by atoms with Crippen molar-refractivity contribution in [2.75, 3.05) is 0 Å². The van der Waals surface area contributed by atoms with Crippen molar-refractivity contribution >= 4 is 11.9 Å². The number of carboxylic acid groups (broad SMARTS) is 1. The maximum atomic E-state index is 11.7. The average Bonchev–Trinajstić information content (AvgIpc) is 2.30. The Morgan fingerprint density at radius 3 is 2.21 bits per heavy atom. The highest BCUT2D eigenvalue weighted by Crippen LogP contribution is 2.20. The third kappa shape index (κ3) is 4.71. The maximum absolute atomic E-state index is 11.7. The lowest BCUT2D eigenvalue weighted by atomic mass is 9.97. The number of hydrogen-bond acceptors (Lipinski definition) is 4. The molecule has 1 atom stereocenters. The minimum atomic E-state index is -1.04. The molecule has 0 saturated carbocycles. The van der Waals surface area contributed by atoms with Gasteiger partial charge in [-0.3, -0.25) is 9.59 Å². The molecule has 3 N–H and O–H groups in total. The molecule has 0 aliphatic carbocycles.